The highest BCUT2D eigenvalue weighted by Crippen LogP contribution is 2.27. The number of rotatable bonds is 1. The fourth-order valence-corrected chi connectivity index (χ4v) is 0.377. The van der Waals surface area contributed by atoms with Crippen molar-refractivity contribution in [3.05, 3.63) is 23.8 Å². The molecule has 58 valence electrons. The minimum absolute atomic E-state index is 0.174. The van der Waals surface area contributed by atoms with Crippen LogP contribution >= 0.6 is 0 Å². The quantitative estimate of drug-likeness (QED) is 0.504. The molecule has 0 atom stereocenters. The minimum Gasteiger partial charge on any atom is -0.166 e. The van der Waals surface area contributed by atoms with Gasteiger partial charge in [-0.3, -0.25) is 0 Å². The van der Waals surface area contributed by atoms with Crippen LogP contribution in [0, 0.1) is 0 Å². The maximum Gasteiger partial charge on any atom is 0.412 e. The topological polar surface area (TPSA) is 0 Å². The van der Waals surface area contributed by atoms with Crippen LogP contribution in [0.15, 0.2) is 23.8 Å². The molecule has 0 rings (SSSR count). The van der Waals surface area contributed by atoms with E-state index < -0.39 is 11.7 Å². The number of halogens is 3. The van der Waals surface area contributed by atoms with Crippen molar-refractivity contribution in [3.8, 4) is 0 Å². The van der Waals surface area contributed by atoms with Gasteiger partial charge in [0.1, 0.15) is 0 Å². The van der Waals surface area contributed by atoms with E-state index >= 15 is 0 Å². The Labute approximate surface area is 58.0 Å². The molecule has 0 aromatic carbocycles. The molecule has 3 heteroatoms. The summed E-state index contributed by atoms with van der Waals surface area (Å²) in [7, 11) is 0. The first-order valence-electron chi connectivity index (χ1n) is 2.76. The first-order valence-corrected chi connectivity index (χ1v) is 2.76. The predicted molar refractivity (Wildman–Crippen MR) is 34.6 cm³/mol. The van der Waals surface area contributed by atoms with Crippen molar-refractivity contribution >= 4 is 0 Å². The summed E-state index contributed by atoms with van der Waals surface area (Å²) in [6.07, 6.45) is -3.01. The van der Waals surface area contributed by atoms with Gasteiger partial charge in [-0.2, -0.15) is 13.2 Å². The molecule has 0 heterocycles. The number of hydrogen-bond acceptors (Lipinski definition) is 0. The van der Waals surface area contributed by atoms with Crippen LogP contribution in [0.2, 0.25) is 0 Å². The molecule has 0 saturated heterocycles. The fraction of sp³-hybridized carbons (Fsp3) is 0.429. The third kappa shape index (κ3) is 2.25. The summed E-state index contributed by atoms with van der Waals surface area (Å²) in [5, 5.41) is 0. The molecule has 0 aliphatic heterocycles. The molecule has 0 aromatic heterocycles. The highest BCUT2D eigenvalue weighted by molar-refractivity contribution is 5.23. The molecule has 0 radical (unpaired) electrons. The van der Waals surface area contributed by atoms with E-state index in [0.29, 0.717) is 0 Å². The van der Waals surface area contributed by atoms with Crippen LogP contribution < -0.4 is 0 Å². The van der Waals surface area contributed by atoms with Crippen LogP contribution in [0.25, 0.3) is 0 Å². The number of hydrogen-bond donors (Lipinski definition) is 0. The summed E-state index contributed by atoms with van der Waals surface area (Å²) in [5.41, 5.74) is -0.407. The van der Waals surface area contributed by atoms with Gasteiger partial charge in [0.25, 0.3) is 0 Å². The van der Waals surface area contributed by atoms with Gasteiger partial charge in [-0.1, -0.05) is 12.7 Å². The zero-order valence-electron chi connectivity index (χ0n) is 5.92. The van der Waals surface area contributed by atoms with Crippen LogP contribution in [0.5, 0.6) is 0 Å². The van der Waals surface area contributed by atoms with E-state index in [4.69, 9.17) is 0 Å². The summed E-state index contributed by atoms with van der Waals surface area (Å²) >= 11 is 0. The van der Waals surface area contributed by atoms with Crippen molar-refractivity contribution in [1.29, 1.82) is 0 Å². The monoisotopic (exact) mass is 150 g/mol. The minimum atomic E-state index is -4.21. The van der Waals surface area contributed by atoms with E-state index in [9.17, 15) is 13.2 Å². The van der Waals surface area contributed by atoms with Crippen LogP contribution in [0.4, 0.5) is 13.2 Å². The zero-order chi connectivity index (χ0) is 8.36. The largest absolute Gasteiger partial charge is 0.412 e. The second kappa shape index (κ2) is 2.90. The van der Waals surface area contributed by atoms with E-state index in [1.807, 2.05) is 0 Å². The van der Waals surface area contributed by atoms with Gasteiger partial charge in [0.2, 0.25) is 0 Å². The van der Waals surface area contributed by atoms with Gasteiger partial charge in [-0.15, -0.1) is 0 Å². The molecule has 0 N–H and O–H groups in total. The first kappa shape index (κ1) is 9.27. The van der Waals surface area contributed by atoms with Gasteiger partial charge in [-0.05, 0) is 19.4 Å². The second-order valence-electron chi connectivity index (χ2n) is 2.01. The van der Waals surface area contributed by atoms with Gasteiger partial charge < -0.3 is 0 Å². The van der Waals surface area contributed by atoms with E-state index in [-0.39, 0.29) is 5.57 Å². The molecule has 0 spiro atoms. The van der Waals surface area contributed by atoms with Crippen molar-refractivity contribution in [3.63, 3.8) is 0 Å². The Morgan fingerprint density at radius 2 is 1.70 bits per heavy atom. The van der Waals surface area contributed by atoms with Crippen LogP contribution in [-0.2, 0) is 0 Å². The highest BCUT2D eigenvalue weighted by Gasteiger charge is 2.30. The molecule has 0 amide bonds. The van der Waals surface area contributed by atoms with E-state index in [1.165, 1.54) is 13.0 Å². The summed E-state index contributed by atoms with van der Waals surface area (Å²) in [6, 6.07) is 0. The molecule has 0 fully saturated rings. The average molecular weight is 150 g/mol. The molecule has 0 aromatic rings. The Morgan fingerprint density at radius 1 is 1.30 bits per heavy atom. The van der Waals surface area contributed by atoms with Gasteiger partial charge in [0.15, 0.2) is 0 Å². The maximum absolute atomic E-state index is 11.8. The Hall–Kier alpha value is -0.730. The smallest absolute Gasteiger partial charge is 0.166 e. The fourth-order valence-electron chi connectivity index (χ4n) is 0.377. The average Bonchev–Trinajstić information content (AvgIpc) is 1.83. The highest BCUT2D eigenvalue weighted by atomic mass is 19.4. The normalized spacial score (nSPS) is 14.5. The molecule has 0 unspecified atom stereocenters. The third-order valence-electron chi connectivity index (χ3n) is 1.32. The van der Waals surface area contributed by atoms with Gasteiger partial charge in [0, 0.05) is 5.57 Å². The van der Waals surface area contributed by atoms with Gasteiger partial charge in [0.05, 0.1) is 0 Å². The SMILES string of the molecule is C=CC(C)=C(C)C(F)(F)F. The Bertz CT molecular complexity index is 162. The summed E-state index contributed by atoms with van der Waals surface area (Å²) in [4.78, 5) is 0. The number of allylic oxidation sites excluding steroid dienone is 3. The first-order chi connectivity index (χ1) is 4.39. The zero-order valence-corrected chi connectivity index (χ0v) is 5.92. The van der Waals surface area contributed by atoms with Gasteiger partial charge in [-0.25, -0.2) is 0 Å². The maximum atomic E-state index is 11.8. The molecular formula is C7H9F3. The second-order valence-corrected chi connectivity index (χ2v) is 2.01. The Morgan fingerprint density at radius 3 is 1.80 bits per heavy atom. The molecule has 0 saturated carbocycles. The van der Waals surface area contributed by atoms with Crippen LogP contribution in [0.3, 0.4) is 0 Å². The Kier molecular flexibility index (Phi) is 2.69. The molecule has 0 bridgehead atoms. The standard InChI is InChI=1S/C7H9F3/c1-4-5(2)6(3)7(8,9)10/h4H,1H2,2-3H3. The Balaban J connectivity index is 4.63. The van der Waals surface area contributed by atoms with Crippen molar-refractivity contribution in [2.24, 2.45) is 0 Å². The molecular weight excluding hydrogens is 141 g/mol. The van der Waals surface area contributed by atoms with Crippen molar-refractivity contribution < 1.29 is 13.2 Å². The summed E-state index contributed by atoms with van der Waals surface area (Å²) in [6.45, 7) is 5.66. The van der Waals surface area contributed by atoms with E-state index in [2.05, 4.69) is 6.58 Å². The summed E-state index contributed by atoms with van der Waals surface area (Å²) < 4.78 is 35.3. The van der Waals surface area contributed by atoms with Crippen LogP contribution in [0.1, 0.15) is 13.8 Å². The molecule has 0 nitrogen and oxygen atoms in total. The van der Waals surface area contributed by atoms with Gasteiger partial charge >= 0.3 is 6.18 Å². The van der Waals surface area contributed by atoms with E-state index in [1.54, 1.807) is 0 Å². The van der Waals surface area contributed by atoms with Crippen LogP contribution in [-0.4, -0.2) is 6.18 Å². The van der Waals surface area contributed by atoms with Crippen molar-refractivity contribution in [2.75, 3.05) is 0 Å². The van der Waals surface area contributed by atoms with E-state index in [0.717, 1.165) is 6.92 Å². The van der Waals surface area contributed by atoms with Crippen molar-refractivity contribution in [2.45, 2.75) is 20.0 Å². The predicted octanol–water partition coefficient (Wildman–Crippen LogP) is 3.07. The lowest BCUT2D eigenvalue weighted by molar-refractivity contribution is -0.0919. The summed E-state index contributed by atoms with van der Waals surface area (Å²) in [5.74, 6) is 0. The lowest BCUT2D eigenvalue weighted by atomic mass is 10.1. The van der Waals surface area contributed by atoms with Crippen molar-refractivity contribution in [1.82, 2.24) is 0 Å². The molecule has 0 aliphatic rings. The number of alkyl halides is 3. The lowest BCUT2D eigenvalue weighted by Crippen LogP contribution is -2.10. The molecule has 10 heavy (non-hydrogen) atoms. The lowest BCUT2D eigenvalue weighted by Gasteiger charge is -2.07. The third-order valence-corrected chi connectivity index (χ3v) is 1.32. The molecule has 0 aliphatic carbocycles.